The van der Waals surface area contributed by atoms with E-state index in [1.807, 2.05) is 12.1 Å². The summed E-state index contributed by atoms with van der Waals surface area (Å²) in [6.07, 6.45) is 4.68. The molecule has 2 fully saturated rings. The minimum absolute atomic E-state index is 0.257. The Morgan fingerprint density at radius 3 is 2.68 bits per heavy atom. The van der Waals surface area contributed by atoms with Crippen molar-refractivity contribution in [2.75, 3.05) is 0 Å². The van der Waals surface area contributed by atoms with Crippen LogP contribution in [-0.4, -0.2) is 28.7 Å². The third kappa shape index (κ3) is 2.61. The maximum atomic E-state index is 12.6. The standard InChI is InChI=1S/C16H18ClN3O2/c1-11-6-8-16(9-7-11)14(21)20(15(22)19-16)18-10-12-4-2-3-5-13(12)17/h2-5,10-11H,6-9H2,1H3,(H,19,22)/b18-10+. The topological polar surface area (TPSA) is 61.8 Å². The summed E-state index contributed by atoms with van der Waals surface area (Å²) in [5, 5.41) is 8.34. The van der Waals surface area contributed by atoms with Crippen molar-refractivity contribution in [1.29, 1.82) is 0 Å². The third-order valence-electron chi connectivity index (χ3n) is 4.49. The number of benzene rings is 1. The van der Waals surface area contributed by atoms with Gasteiger partial charge in [0.15, 0.2) is 0 Å². The summed E-state index contributed by atoms with van der Waals surface area (Å²) < 4.78 is 0. The molecule has 0 atom stereocenters. The van der Waals surface area contributed by atoms with E-state index in [-0.39, 0.29) is 5.91 Å². The average Bonchev–Trinajstić information content (AvgIpc) is 2.73. The Labute approximate surface area is 134 Å². The van der Waals surface area contributed by atoms with Gasteiger partial charge in [-0.2, -0.15) is 5.10 Å². The lowest BCUT2D eigenvalue weighted by Gasteiger charge is -2.33. The lowest BCUT2D eigenvalue weighted by molar-refractivity contribution is -0.132. The molecule has 3 amide bonds. The summed E-state index contributed by atoms with van der Waals surface area (Å²) in [6.45, 7) is 2.17. The molecule has 1 saturated heterocycles. The van der Waals surface area contributed by atoms with Crippen LogP contribution in [0.15, 0.2) is 29.4 Å². The summed E-state index contributed by atoms with van der Waals surface area (Å²) in [4.78, 5) is 24.7. The zero-order chi connectivity index (χ0) is 15.7. The molecule has 22 heavy (non-hydrogen) atoms. The number of amides is 3. The van der Waals surface area contributed by atoms with Gasteiger partial charge < -0.3 is 5.32 Å². The number of imide groups is 1. The highest BCUT2D eigenvalue weighted by molar-refractivity contribution is 6.33. The Morgan fingerprint density at radius 1 is 1.32 bits per heavy atom. The number of carbonyl (C=O) groups is 2. The SMILES string of the molecule is CC1CCC2(CC1)NC(=O)N(/N=C/c1ccccc1Cl)C2=O. The van der Waals surface area contributed by atoms with E-state index in [9.17, 15) is 9.59 Å². The lowest BCUT2D eigenvalue weighted by Crippen LogP contribution is -2.49. The Kier molecular flexibility index (Phi) is 3.91. The highest BCUT2D eigenvalue weighted by Crippen LogP contribution is 2.36. The molecule has 1 aliphatic heterocycles. The van der Waals surface area contributed by atoms with E-state index in [2.05, 4.69) is 17.3 Å². The molecule has 116 valence electrons. The number of nitrogens with one attached hydrogen (secondary N) is 1. The fourth-order valence-corrected chi connectivity index (χ4v) is 3.19. The van der Waals surface area contributed by atoms with Crippen molar-refractivity contribution in [3.8, 4) is 0 Å². The molecule has 1 heterocycles. The van der Waals surface area contributed by atoms with Gasteiger partial charge >= 0.3 is 6.03 Å². The zero-order valence-corrected chi connectivity index (χ0v) is 13.1. The summed E-state index contributed by atoms with van der Waals surface area (Å²) >= 11 is 6.05. The fourth-order valence-electron chi connectivity index (χ4n) is 3.00. The van der Waals surface area contributed by atoms with Gasteiger partial charge in [-0.1, -0.05) is 36.7 Å². The van der Waals surface area contributed by atoms with Crippen LogP contribution in [0.5, 0.6) is 0 Å². The molecule has 0 unspecified atom stereocenters. The first-order valence-corrected chi connectivity index (χ1v) is 7.85. The summed E-state index contributed by atoms with van der Waals surface area (Å²) in [7, 11) is 0. The van der Waals surface area contributed by atoms with Gasteiger partial charge in [0.2, 0.25) is 0 Å². The van der Waals surface area contributed by atoms with E-state index in [0.29, 0.717) is 29.3 Å². The van der Waals surface area contributed by atoms with E-state index in [1.165, 1.54) is 6.21 Å². The number of nitrogens with zero attached hydrogens (tertiary/aromatic N) is 2. The van der Waals surface area contributed by atoms with Crippen LogP contribution in [0.25, 0.3) is 0 Å². The molecule has 0 aromatic heterocycles. The van der Waals surface area contributed by atoms with Crippen LogP contribution >= 0.6 is 11.6 Å². The fraction of sp³-hybridized carbons (Fsp3) is 0.438. The second kappa shape index (κ2) is 5.72. The van der Waals surface area contributed by atoms with Gasteiger partial charge in [0.25, 0.3) is 5.91 Å². The second-order valence-corrected chi connectivity index (χ2v) is 6.49. The van der Waals surface area contributed by atoms with Crippen molar-refractivity contribution in [3.63, 3.8) is 0 Å². The predicted molar refractivity (Wildman–Crippen MR) is 84.8 cm³/mol. The molecule has 1 aliphatic carbocycles. The van der Waals surface area contributed by atoms with E-state index in [4.69, 9.17) is 11.6 Å². The second-order valence-electron chi connectivity index (χ2n) is 6.08. The minimum atomic E-state index is -0.762. The third-order valence-corrected chi connectivity index (χ3v) is 4.83. The van der Waals surface area contributed by atoms with Gasteiger partial charge in [0.05, 0.1) is 6.21 Å². The highest BCUT2D eigenvalue weighted by Gasteiger charge is 2.52. The van der Waals surface area contributed by atoms with E-state index in [0.717, 1.165) is 17.9 Å². The van der Waals surface area contributed by atoms with E-state index >= 15 is 0 Å². The van der Waals surface area contributed by atoms with E-state index < -0.39 is 11.6 Å². The summed E-state index contributed by atoms with van der Waals surface area (Å²) in [6, 6.07) is 6.69. The molecule has 5 nitrogen and oxygen atoms in total. The van der Waals surface area contributed by atoms with Crippen LogP contribution in [0.4, 0.5) is 4.79 Å². The zero-order valence-electron chi connectivity index (χ0n) is 12.4. The van der Waals surface area contributed by atoms with Crippen LogP contribution < -0.4 is 5.32 Å². The molecule has 1 spiro atoms. The predicted octanol–water partition coefficient (Wildman–Crippen LogP) is 3.17. The Morgan fingerprint density at radius 2 is 2.00 bits per heavy atom. The Balaban J connectivity index is 1.79. The maximum Gasteiger partial charge on any atom is 0.346 e. The van der Waals surface area contributed by atoms with Crippen LogP contribution in [0.1, 0.15) is 38.2 Å². The van der Waals surface area contributed by atoms with Crippen molar-refractivity contribution < 1.29 is 9.59 Å². The first-order valence-electron chi connectivity index (χ1n) is 7.47. The lowest BCUT2D eigenvalue weighted by atomic mass is 9.77. The molecule has 1 aromatic rings. The number of hydrazone groups is 1. The van der Waals surface area contributed by atoms with Crippen LogP contribution in [-0.2, 0) is 4.79 Å². The van der Waals surface area contributed by atoms with Crippen molar-refractivity contribution >= 4 is 29.8 Å². The van der Waals surface area contributed by atoms with Crippen LogP contribution in [0.3, 0.4) is 0 Å². The maximum absolute atomic E-state index is 12.6. The van der Waals surface area contributed by atoms with Crippen molar-refractivity contribution in [3.05, 3.63) is 34.9 Å². The molecule has 2 aliphatic rings. The molecule has 3 rings (SSSR count). The smallest absolute Gasteiger partial charge is 0.321 e. The van der Waals surface area contributed by atoms with E-state index in [1.54, 1.807) is 12.1 Å². The van der Waals surface area contributed by atoms with Crippen LogP contribution in [0, 0.1) is 5.92 Å². The molecule has 6 heteroatoms. The number of rotatable bonds is 2. The molecule has 0 radical (unpaired) electrons. The molecular weight excluding hydrogens is 302 g/mol. The van der Waals surface area contributed by atoms with Crippen molar-refractivity contribution in [1.82, 2.24) is 10.3 Å². The Hall–Kier alpha value is -1.88. The molecular formula is C16H18ClN3O2. The van der Waals surface area contributed by atoms with Gasteiger partial charge in [0, 0.05) is 10.6 Å². The minimum Gasteiger partial charge on any atom is -0.321 e. The largest absolute Gasteiger partial charge is 0.346 e. The van der Waals surface area contributed by atoms with Crippen molar-refractivity contribution in [2.24, 2.45) is 11.0 Å². The highest BCUT2D eigenvalue weighted by atomic mass is 35.5. The number of urea groups is 1. The number of carbonyl (C=O) groups excluding carboxylic acids is 2. The first kappa shape index (κ1) is 15.0. The number of halogens is 1. The van der Waals surface area contributed by atoms with Gasteiger partial charge in [-0.05, 0) is 37.7 Å². The molecule has 1 aromatic carbocycles. The normalized spacial score (nSPS) is 28.6. The Bertz CT molecular complexity index is 636. The quantitative estimate of drug-likeness (QED) is 0.672. The van der Waals surface area contributed by atoms with Crippen LogP contribution in [0.2, 0.25) is 5.02 Å². The van der Waals surface area contributed by atoms with Crippen molar-refractivity contribution in [2.45, 2.75) is 38.1 Å². The number of hydrogen-bond donors (Lipinski definition) is 1. The monoisotopic (exact) mass is 319 g/mol. The number of hydrogen-bond acceptors (Lipinski definition) is 3. The summed E-state index contributed by atoms with van der Waals surface area (Å²) in [5.41, 5.74) is -0.0931. The van der Waals surface area contributed by atoms with Gasteiger partial charge in [-0.15, -0.1) is 5.01 Å². The molecule has 0 bridgehead atoms. The average molecular weight is 320 g/mol. The van der Waals surface area contributed by atoms with Gasteiger partial charge in [-0.25, -0.2) is 4.79 Å². The van der Waals surface area contributed by atoms with Gasteiger partial charge in [0.1, 0.15) is 5.54 Å². The first-order chi connectivity index (χ1) is 10.5. The molecule has 1 N–H and O–H groups in total. The summed E-state index contributed by atoms with van der Waals surface area (Å²) in [5.74, 6) is 0.337. The van der Waals surface area contributed by atoms with Gasteiger partial charge in [-0.3, -0.25) is 4.79 Å². The molecule has 1 saturated carbocycles.